The lowest BCUT2D eigenvalue weighted by molar-refractivity contribution is 0.103. The molecule has 0 radical (unpaired) electrons. The highest BCUT2D eigenvalue weighted by molar-refractivity contribution is 6.76. The van der Waals surface area contributed by atoms with Crippen LogP contribution in [0.15, 0.2) is 36.6 Å². The van der Waals surface area contributed by atoms with Crippen LogP contribution in [0.1, 0.15) is 26.7 Å². The highest BCUT2D eigenvalue weighted by Gasteiger charge is 2.54. The molecule has 17 heavy (non-hydrogen) atoms. The maximum absolute atomic E-state index is 6.29. The first-order valence-electron chi connectivity index (χ1n) is 6.40. The molecule has 2 aliphatic heterocycles. The van der Waals surface area contributed by atoms with Gasteiger partial charge in [-0.05, 0) is 24.0 Å². The quantitative estimate of drug-likeness (QED) is 0.549. The highest BCUT2D eigenvalue weighted by Crippen LogP contribution is 2.43. The van der Waals surface area contributed by atoms with Crippen LogP contribution in [-0.2, 0) is 8.85 Å². The van der Waals surface area contributed by atoms with Gasteiger partial charge in [0.15, 0.2) is 0 Å². The molecule has 0 bridgehead atoms. The Morgan fingerprint density at radius 3 is 2.76 bits per heavy atom. The number of hydrogen-bond donors (Lipinski definition) is 0. The summed E-state index contributed by atoms with van der Waals surface area (Å²) in [6, 6.07) is 0.871. The highest BCUT2D eigenvalue weighted by atomic mass is 28.4. The fourth-order valence-corrected chi connectivity index (χ4v) is 6.25. The van der Waals surface area contributed by atoms with E-state index < -0.39 is 8.56 Å². The van der Waals surface area contributed by atoms with Crippen molar-refractivity contribution in [2.75, 3.05) is 0 Å². The lowest BCUT2D eigenvalue weighted by Crippen LogP contribution is -2.40. The van der Waals surface area contributed by atoms with E-state index >= 15 is 0 Å². The van der Waals surface area contributed by atoms with Crippen LogP contribution in [0.25, 0.3) is 0 Å². The maximum atomic E-state index is 6.29. The Hall–Kier alpha value is -0.643. The van der Waals surface area contributed by atoms with Crippen molar-refractivity contribution in [1.82, 2.24) is 0 Å². The molecule has 3 heteroatoms. The van der Waals surface area contributed by atoms with Gasteiger partial charge >= 0.3 is 8.56 Å². The average molecular weight is 250 g/mol. The lowest BCUT2D eigenvalue weighted by Gasteiger charge is -2.26. The second-order valence-corrected chi connectivity index (χ2v) is 8.25. The Morgan fingerprint density at radius 1 is 1.41 bits per heavy atom. The topological polar surface area (TPSA) is 18.5 Å². The van der Waals surface area contributed by atoms with Crippen molar-refractivity contribution in [3.8, 4) is 0 Å². The third kappa shape index (κ3) is 2.32. The molecule has 0 saturated carbocycles. The minimum Gasteiger partial charge on any atom is -0.387 e. The zero-order valence-electron chi connectivity index (χ0n) is 10.8. The predicted octanol–water partition coefficient (Wildman–Crippen LogP) is 3.50. The molecule has 94 valence electrons. The first-order chi connectivity index (χ1) is 8.11. The van der Waals surface area contributed by atoms with Crippen LogP contribution in [0, 0.1) is 5.92 Å². The molecule has 1 unspecified atom stereocenters. The van der Waals surface area contributed by atoms with Crippen LogP contribution < -0.4 is 0 Å². The van der Waals surface area contributed by atoms with Gasteiger partial charge < -0.3 is 8.85 Å². The molecule has 0 aromatic heterocycles. The van der Waals surface area contributed by atoms with Gasteiger partial charge in [-0.15, -0.1) is 13.2 Å². The van der Waals surface area contributed by atoms with Gasteiger partial charge in [0.2, 0.25) is 0 Å². The van der Waals surface area contributed by atoms with Gasteiger partial charge in [-0.25, -0.2) is 0 Å². The van der Waals surface area contributed by atoms with E-state index in [2.05, 4.69) is 33.1 Å². The molecule has 0 N–H and O–H groups in total. The van der Waals surface area contributed by atoms with Crippen molar-refractivity contribution in [3.63, 3.8) is 0 Å². The molecule has 0 spiro atoms. The monoisotopic (exact) mass is 250 g/mol. The third-order valence-electron chi connectivity index (χ3n) is 3.54. The molecule has 2 aliphatic rings. The summed E-state index contributed by atoms with van der Waals surface area (Å²) in [5, 5.41) is 1.43. The van der Waals surface area contributed by atoms with Gasteiger partial charge in [0.05, 0.1) is 12.2 Å². The van der Waals surface area contributed by atoms with E-state index in [-0.39, 0.29) is 6.10 Å². The first-order valence-corrected chi connectivity index (χ1v) is 8.42. The fraction of sp³-hybridized carbons (Fsp3) is 0.571. The Kier molecular flexibility index (Phi) is 3.71. The second-order valence-electron chi connectivity index (χ2n) is 5.22. The van der Waals surface area contributed by atoms with Crippen LogP contribution in [0.2, 0.25) is 6.04 Å². The van der Waals surface area contributed by atoms with Crippen molar-refractivity contribution in [2.45, 2.75) is 44.9 Å². The normalized spacial score (nSPS) is 35.8. The van der Waals surface area contributed by atoms with Gasteiger partial charge in [0, 0.05) is 6.04 Å². The van der Waals surface area contributed by atoms with E-state index in [1.165, 1.54) is 5.20 Å². The van der Waals surface area contributed by atoms with Crippen LogP contribution >= 0.6 is 0 Å². The SMILES string of the molecule is C=CC[C@@H]1C=C2C[C@@H](C(C)C)O[Si]2(CC=C)O1. The third-order valence-corrected chi connectivity index (χ3v) is 7.08. The largest absolute Gasteiger partial charge is 0.387 e. The summed E-state index contributed by atoms with van der Waals surface area (Å²) < 4.78 is 12.5. The van der Waals surface area contributed by atoms with E-state index in [1.54, 1.807) is 0 Å². The Morgan fingerprint density at radius 2 is 2.18 bits per heavy atom. The standard InChI is InChI=1S/C14H22O2Si/c1-5-7-12-9-13-10-14(11(3)4)16-17(13,15-12)8-6-2/h5-6,9,11-12,14H,1-2,7-8,10H2,3-4H3/t12-,14+,17?/m1/s1. The van der Waals surface area contributed by atoms with Gasteiger partial charge in [-0.1, -0.05) is 32.1 Å². The average Bonchev–Trinajstić information content (AvgIpc) is 2.72. The zero-order chi connectivity index (χ0) is 12.5. The summed E-state index contributed by atoms with van der Waals surface area (Å²) in [6.07, 6.45) is 8.58. The van der Waals surface area contributed by atoms with Crippen LogP contribution in [-0.4, -0.2) is 20.8 Å². The number of hydrogen-bond acceptors (Lipinski definition) is 2. The summed E-state index contributed by atoms with van der Waals surface area (Å²) in [5.41, 5.74) is 0. The summed E-state index contributed by atoms with van der Waals surface area (Å²) in [6.45, 7) is 12.0. The first kappa shape index (κ1) is 12.8. The van der Waals surface area contributed by atoms with E-state index in [0.717, 1.165) is 18.9 Å². The van der Waals surface area contributed by atoms with Crippen molar-refractivity contribution in [3.05, 3.63) is 36.6 Å². The van der Waals surface area contributed by atoms with E-state index in [0.29, 0.717) is 12.0 Å². The molecule has 2 heterocycles. The summed E-state index contributed by atoms with van der Waals surface area (Å²) in [5.74, 6) is 0.553. The van der Waals surface area contributed by atoms with E-state index in [4.69, 9.17) is 8.85 Å². The van der Waals surface area contributed by atoms with Crippen molar-refractivity contribution >= 4 is 8.56 Å². The minimum atomic E-state index is -2.13. The minimum absolute atomic E-state index is 0.183. The molecule has 2 nitrogen and oxygen atoms in total. The number of allylic oxidation sites excluding steroid dienone is 1. The molecular formula is C14H22O2Si. The lowest BCUT2D eigenvalue weighted by atomic mass is 10.0. The maximum Gasteiger partial charge on any atom is 0.372 e. The smallest absolute Gasteiger partial charge is 0.372 e. The van der Waals surface area contributed by atoms with Crippen molar-refractivity contribution < 1.29 is 8.85 Å². The van der Waals surface area contributed by atoms with E-state index in [9.17, 15) is 0 Å². The summed E-state index contributed by atoms with van der Waals surface area (Å²) in [4.78, 5) is 0. The molecule has 2 rings (SSSR count). The summed E-state index contributed by atoms with van der Waals surface area (Å²) in [7, 11) is -2.13. The van der Waals surface area contributed by atoms with Gasteiger partial charge in [0.1, 0.15) is 0 Å². The Bertz CT molecular complexity index is 348. The Balaban J connectivity index is 2.18. The molecule has 1 fully saturated rings. The molecule has 0 aliphatic carbocycles. The molecule has 0 aromatic carbocycles. The number of fused-ring (bicyclic) bond motifs is 1. The van der Waals surface area contributed by atoms with Crippen molar-refractivity contribution in [1.29, 1.82) is 0 Å². The number of rotatable bonds is 5. The fourth-order valence-electron chi connectivity index (χ4n) is 2.61. The Labute approximate surface area is 105 Å². The van der Waals surface area contributed by atoms with Crippen LogP contribution in [0.3, 0.4) is 0 Å². The van der Waals surface area contributed by atoms with Gasteiger partial charge in [-0.2, -0.15) is 0 Å². The molecule has 3 atom stereocenters. The zero-order valence-corrected chi connectivity index (χ0v) is 11.8. The predicted molar refractivity (Wildman–Crippen MR) is 72.9 cm³/mol. The molecule has 1 saturated heterocycles. The molecular weight excluding hydrogens is 228 g/mol. The van der Waals surface area contributed by atoms with Crippen LogP contribution in [0.4, 0.5) is 0 Å². The van der Waals surface area contributed by atoms with Gasteiger partial charge in [-0.3, -0.25) is 0 Å². The van der Waals surface area contributed by atoms with Crippen LogP contribution in [0.5, 0.6) is 0 Å². The van der Waals surface area contributed by atoms with E-state index in [1.807, 2.05) is 12.2 Å². The molecule has 0 aromatic rings. The van der Waals surface area contributed by atoms with Crippen molar-refractivity contribution in [2.24, 2.45) is 5.92 Å². The summed E-state index contributed by atoms with van der Waals surface area (Å²) >= 11 is 0. The second kappa shape index (κ2) is 4.92. The van der Waals surface area contributed by atoms with Gasteiger partial charge in [0.25, 0.3) is 0 Å². The molecule has 0 amide bonds.